The molecule has 74 heavy (non-hydrogen) atoms. The summed E-state index contributed by atoms with van der Waals surface area (Å²) < 4.78 is 0. The summed E-state index contributed by atoms with van der Waals surface area (Å²) in [5.41, 5.74) is 14.2. The molecule has 0 bridgehead atoms. The third-order valence-electron chi connectivity index (χ3n) is 13.1. The molecular formula is C65H43N9. The van der Waals surface area contributed by atoms with Crippen molar-refractivity contribution in [2.24, 2.45) is 0 Å². The summed E-state index contributed by atoms with van der Waals surface area (Å²) in [6, 6.07) is 88.6. The fourth-order valence-corrected chi connectivity index (χ4v) is 9.54. The lowest BCUT2D eigenvalue weighted by Gasteiger charge is -2.40. The summed E-state index contributed by atoms with van der Waals surface area (Å²) in [5, 5.41) is 0. The minimum Gasteiger partial charge on any atom is -0.306 e. The predicted octanol–water partition coefficient (Wildman–Crippen LogP) is 16.0. The van der Waals surface area contributed by atoms with Crippen LogP contribution in [0.15, 0.2) is 261 Å². The maximum Gasteiger partial charge on any atom is 0.164 e. The molecule has 9 heteroatoms. The lowest BCUT2D eigenvalue weighted by Crippen LogP contribution is -2.25. The Morgan fingerprint density at radius 3 is 0.959 bits per heavy atom. The molecule has 0 aliphatic carbocycles. The van der Waals surface area contributed by atoms with Crippen LogP contribution in [0.5, 0.6) is 0 Å². The molecule has 9 aromatic carbocycles. The third-order valence-corrected chi connectivity index (χ3v) is 13.1. The number of anilines is 6. The van der Waals surface area contributed by atoms with Crippen molar-refractivity contribution in [1.82, 2.24) is 34.9 Å². The van der Waals surface area contributed by atoms with Crippen LogP contribution in [0.1, 0.15) is 0 Å². The molecule has 0 saturated carbocycles. The van der Waals surface area contributed by atoms with E-state index in [4.69, 9.17) is 34.9 Å². The van der Waals surface area contributed by atoms with Gasteiger partial charge in [-0.1, -0.05) is 206 Å². The molecule has 0 N–H and O–H groups in total. The summed E-state index contributed by atoms with van der Waals surface area (Å²) in [7, 11) is 0. The van der Waals surface area contributed by atoms with Gasteiger partial charge >= 0.3 is 0 Å². The van der Waals surface area contributed by atoms with Crippen LogP contribution in [0.3, 0.4) is 0 Å². The zero-order valence-electron chi connectivity index (χ0n) is 39.9. The maximum atomic E-state index is 5.45. The molecule has 1 aliphatic rings. The Balaban J connectivity index is 1.05. The molecule has 12 aromatic rings. The summed E-state index contributed by atoms with van der Waals surface area (Å²) in [5.74, 6) is 3.66. The van der Waals surface area contributed by atoms with Gasteiger partial charge in [0.05, 0.1) is 45.5 Å². The van der Waals surface area contributed by atoms with E-state index in [-0.39, 0.29) is 0 Å². The van der Waals surface area contributed by atoms with Gasteiger partial charge in [0, 0.05) is 50.6 Å². The van der Waals surface area contributed by atoms with E-state index in [1.54, 1.807) is 0 Å². The first-order valence-corrected chi connectivity index (χ1v) is 24.5. The Kier molecular flexibility index (Phi) is 11.3. The molecule has 0 spiro atoms. The fraction of sp³-hybridized carbons (Fsp3) is 0. The molecule has 0 unspecified atom stereocenters. The van der Waals surface area contributed by atoms with Crippen molar-refractivity contribution in [3.63, 3.8) is 0 Å². The molecule has 9 nitrogen and oxygen atoms in total. The largest absolute Gasteiger partial charge is 0.306 e. The molecule has 348 valence electrons. The second-order valence-electron chi connectivity index (χ2n) is 17.8. The second-order valence-corrected chi connectivity index (χ2v) is 17.8. The Bertz CT molecular complexity index is 3730. The van der Waals surface area contributed by atoms with Crippen LogP contribution in [0.25, 0.3) is 90.7 Å². The summed E-state index contributed by atoms with van der Waals surface area (Å²) in [4.78, 5) is 41.2. The highest BCUT2D eigenvalue weighted by molar-refractivity contribution is 6.04. The van der Waals surface area contributed by atoms with Crippen molar-refractivity contribution in [3.8, 4) is 90.7 Å². The number of nitrogens with zero attached hydrogens (tertiary/aromatic N) is 9. The molecule has 0 atom stereocenters. The smallest absolute Gasteiger partial charge is 0.164 e. The molecule has 0 amide bonds. The SMILES string of the molecule is c1ccc(-c2cc(-c3cc(-c4nc(-c5ccccc5)nc(-c5ccccc5)n4)ccc3N3c4ccccc4N(c4cc(-c5ccccc5)nc(-c5ccccc5)n4)c4ccccc43)nc(-c3ccccc3)n2)cc1. The van der Waals surface area contributed by atoms with Crippen molar-refractivity contribution in [2.75, 3.05) is 9.80 Å². The highest BCUT2D eigenvalue weighted by atomic mass is 15.3. The molecule has 0 saturated heterocycles. The van der Waals surface area contributed by atoms with E-state index in [2.05, 4.69) is 137 Å². The number of hydrogen-bond donors (Lipinski definition) is 0. The monoisotopic (exact) mass is 949 g/mol. The predicted molar refractivity (Wildman–Crippen MR) is 297 cm³/mol. The Hall–Kier alpha value is -10.3. The minimum absolute atomic E-state index is 0.531. The molecule has 0 radical (unpaired) electrons. The van der Waals surface area contributed by atoms with Crippen molar-refractivity contribution in [1.29, 1.82) is 0 Å². The zero-order chi connectivity index (χ0) is 49.2. The lowest BCUT2D eigenvalue weighted by atomic mass is 9.98. The highest BCUT2D eigenvalue weighted by Gasteiger charge is 2.33. The van der Waals surface area contributed by atoms with E-state index >= 15 is 0 Å². The molecule has 1 aliphatic heterocycles. The second kappa shape index (κ2) is 19.2. The lowest BCUT2D eigenvalue weighted by molar-refractivity contribution is 1.07. The van der Waals surface area contributed by atoms with Crippen molar-refractivity contribution < 1.29 is 0 Å². The van der Waals surface area contributed by atoms with Crippen LogP contribution >= 0.6 is 0 Å². The van der Waals surface area contributed by atoms with Crippen LogP contribution in [-0.2, 0) is 0 Å². The number of rotatable bonds is 10. The number of hydrogen-bond acceptors (Lipinski definition) is 9. The standard InChI is InChI=1S/C65H43N9/c1-7-23-44(24-8-1)52-42-54(68-61(66-52)46-27-11-3-12-28-46)51-41-50(65-71-63(48-31-15-5-16-32-48)70-64(72-65)49-33-17-6-18-34-49)39-40-55(51)73-56-35-19-21-37-58(56)74(59-38-22-20-36-57(59)73)60-43-53(45-25-9-2-10-26-45)67-62(69-60)47-29-13-4-14-30-47/h1-43H. The van der Waals surface area contributed by atoms with Crippen LogP contribution < -0.4 is 9.80 Å². The van der Waals surface area contributed by atoms with Crippen LogP contribution in [0, 0.1) is 0 Å². The van der Waals surface area contributed by atoms with Gasteiger partial charge in [-0.25, -0.2) is 34.9 Å². The molecule has 4 heterocycles. The third kappa shape index (κ3) is 8.40. The van der Waals surface area contributed by atoms with Gasteiger partial charge in [-0.3, -0.25) is 4.90 Å². The van der Waals surface area contributed by atoms with E-state index in [0.717, 1.165) is 95.8 Å². The number of para-hydroxylation sites is 4. The zero-order valence-corrected chi connectivity index (χ0v) is 39.9. The first-order valence-electron chi connectivity index (χ1n) is 24.5. The van der Waals surface area contributed by atoms with Crippen LogP contribution in [0.4, 0.5) is 34.3 Å². The van der Waals surface area contributed by atoms with Crippen molar-refractivity contribution in [3.05, 3.63) is 261 Å². The molecule has 3 aromatic heterocycles. The van der Waals surface area contributed by atoms with Crippen molar-refractivity contribution in [2.45, 2.75) is 0 Å². The normalized spacial score (nSPS) is 11.7. The Labute approximate surface area is 428 Å². The molecule has 13 rings (SSSR count). The summed E-state index contributed by atoms with van der Waals surface area (Å²) in [6.45, 7) is 0. The van der Waals surface area contributed by atoms with Gasteiger partial charge in [-0.2, -0.15) is 0 Å². The summed E-state index contributed by atoms with van der Waals surface area (Å²) >= 11 is 0. The highest BCUT2D eigenvalue weighted by Crippen LogP contribution is 2.56. The Morgan fingerprint density at radius 2 is 0.527 bits per heavy atom. The van der Waals surface area contributed by atoms with Gasteiger partial charge in [-0.15, -0.1) is 0 Å². The number of aromatic nitrogens is 7. The number of fused-ring (bicyclic) bond motifs is 2. The topological polar surface area (TPSA) is 96.7 Å². The van der Waals surface area contributed by atoms with E-state index in [1.807, 2.05) is 133 Å². The van der Waals surface area contributed by atoms with E-state index < -0.39 is 0 Å². The van der Waals surface area contributed by atoms with E-state index in [9.17, 15) is 0 Å². The van der Waals surface area contributed by atoms with Gasteiger partial charge in [-0.05, 0) is 48.5 Å². The van der Waals surface area contributed by atoms with Gasteiger partial charge in [0.2, 0.25) is 0 Å². The maximum absolute atomic E-state index is 5.45. The average molecular weight is 950 g/mol. The first-order chi connectivity index (χ1) is 36.7. The van der Waals surface area contributed by atoms with Crippen LogP contribution in [0.2, 0.25) is 0 Å². The van der Waals surface area contributed by atoms with Gasteiger partial charge in [0.15, 0.2) is 29.1 Å². The van der Waals surface area contributed by atoms with Crippen LogP contribution in [-0.4, -0.2) is 34.9 Å². The minimum atomic E-state index is 0.531. The van der Waals surface area contributed by atoms with E-state index in [1.165, 1.54) is 0 Å². The van der Waals surface area contributed by atoms with Gasteiger partial charge in [0.1, 0.15) is 5.82 Å². The number of benzene rings is 9. The van der Waals surface area contributed by atoms with E-state index in [0.29, 0.717) is 29.1 Å². The fourth-order valence-electron chi connectivity index (χ4n) is 9.54. The molecular weight excluding hydrogens is 907 g/mol. The molecule has 0 fully saturated rings. The quantitative estimate of drug-likeness (QED) is 0.133. The first kappa shape index (κ1) is 43.7. The van der Waals surface area contributed by atoms with Gasteiger partial charge in [0.25, 0.3) is 0 Å². The summed E-state index contributed by atoms with van der Waals surface area (Å²) in [6.07, 6.45) is 0. The average Bonchev–Trinajstić information content (AvgIpc) is 3.49. The van der Waals surface area contributed by atoms with Gasteiger partial charge < -0.3 is 4.90 Å². The van der Waals surface area contributed by atoms with Crippen molar-refractivity contribution >= 4 is 34.3 Å². The Morgan fingerprint density at radius 1 is 0.203 bits per heavy atom.